The number of nitrogens with zero attached hydrogens (tertiary/aromatic N) is 2. The molecule has 0 aromatic heterocycles. The van der Waals surface area contributed by atoms with Gasteiger partial charge in [-0.2, -0.15) is 0 Å². The highest BCUT2D eigenvalue weighted by atomic mass is 15.2. The van der Waals surface area contributed by atoms with Crippen molar-refractivity contribution in [3.63, 3.8) is 0 Å². The molecule has 2 heteroatoms. The second-order valence-electron chi connectivity index (χ2n) is 16.9. The molecule has 3 atom stereocenters. The molecule has 11 rings (SSSR count). The predicted molar refractivity (Wildman–Crippen MR) is 243 cm³/mol. The first-order chi connectivity index (χ1) is 28.7. The minimum absolute atomic E-state index is 0.392. The molecule has 1 heterocycles. The second-order valence-corrected chi connectivity index (χ2v) is 16.9. The van der Waals surface area contributed by atoms with Crippen LogP contribution < -0.4 is 4.90 Å². The monoisotopic (exact) mass is 750 g/mol. The zero-order valence-electron chi connectivity index (χ0n) is 33.2. The fraction of sp³-hybridized carbons (Fsp3) is 0.214. The number of benzene rings is 5. The van der Waals surface area contributed by atoms with Gasteiger partial charge >= 0.3 is 0 Å². The van der Waals surface area contributed by atoms with Gasteiger partial charge in [0.25, 0.3) is 0 Å². The second kappa shape index (κ2) is 15.0. The van der Waals surface area contributed by atoms with Crippen LogP contribution in [0, 0.1) is 5.92 Å². The first-order valence-electron chi connectivity index (χ1n) is 21.7. The summed E-state index contributed by atoms with van der Waals surface area (Å²) in [6, 6.07) is 45.4. The van der Waals surface area contributed by atoms with Crippen LogP contribution in [-0.4, -0.2) is 10.9 Å². The van der Waals surface area contributed by atoms with Crippen molar-refractivity contribution in [2.45, 2.75) is 69.7 Å². The quantitative estimate of drug-likeness (QED) is 0.163. The number of hydrogen-bond donors (Lipinski definition) is 0. The van der Waals surface area contributed by atoms with Crippen LogP contribution in [0.3, 0.4) is 0 Å². The Bertz CT molecular complexity index is 2640. The molecule has 1 aliphatic heterocycles. The average Bonchev–Trinajstić information content (AvgIpc) is 3.62. The van der Waals surface area contributed by atoms with E-state index in [1.807, 2.05) is 0 Å². The third-order valence-corrected chi connectivity index (χ3v) is 13.5. The van der Waals surface area contributed by atoms with E-state index in [0.717, 1.165) is 38.5 Å². The molecule has 0 spiro atoms. The minimum Gasteiger partial charge on any atom is -0.341 e. The topological polar surface area (TPSA) is 6.48 Å². The number of allylic oxidation sites excluding steroid dienone is 13. The van der Waals surface area contributed by atoms with Gasteiger partial charge < -0.3 is 9.80 Å². The first-order valence-corrected chi connectivity index (χ1v) is 21.7. The van der Waals surface area contributed by atoms with E-state index in [9.17, 15) is 0 Å². The number of hydrogen-bond acceptors (Lipinski definition) is 2. The zero-order valence-corrected chi connectivity index (χ0v) is 33.2. The summed E-state index contributed by atoms with van der Waals surface area (Å²) in [7, 11) is 0. The van der Waals surface area contributed by atoms with Crippen LogP contribution >= 0.6 is 0 Å². The van der Waals surface area contributed by atoms with Gasteiger partial charge in [-0.1, -0.05) is 140 Å². The van der Waals surface area contributed by atoms with Crippen molar-refractivity contribution in [1.29, 1.82) is 0 Å². The van der Waals surface area contributed by atoms with Gasteiger partial charge in [-0.25, -0.2) is 0 Å². The lowest BCUT2D eigenvalue weighted by molar-refractivity contribution is 0.329. The predicted octanol–water partition coefficient (Wildman–Crippen LogP) is 14.7. The lowest BCUT2D eigenvalue weighted by Crippen LogP contribution is -2.34. The SMILES string of the molecule is C1=CC2=CC3C(C=C2CC1)C1=C(CCC=C1)N3C1=CC(c2ccc(N(C3=CC=C(c4ccc5ccccc5c4)CC3)c3ccc(-c4ccccc4)cc3)cc2)CCC1. The number of fused-ring (bicyclic) bond motifs is 4. The van der Waals surface area contributed by atoms with Gasteiger partial charge in [-0.3, -0.25) is 0 Å². The molecule has 2 nitrogen and oxygen atoms in total. The van der Waals surface area contributed by atoms with Crippen molar-refractivity contribution in [1.82, 2.24) is 4.90 Å². The van der Waals surface area contributed by atoms with Crippen LogP contribution in [0.15, 0.2) is 210 Å². The largest absolute Gasteiger partial charge is 0.341 e. The van der Waals surface area contributed by atoms with Crippen LogP contribution in [0.1, 0.15) is 74.8 Å². The van der Waals surface area contributed by atoms with E-state index in [1.54, 1.807) is 16.8 Å². The lowest BCUT2D eigenvalue weighted by Gasteiger charge is -2.37. The Labute approximate surface area is 343 Å². The molecule has 5 aliphatic carbocycles. The molecule has 0 fully saturated rings. The Morgan fingerprint density at radius 1 is 0.552 bits per heavy atom. The summed E-state index contributed by atoms with van der Waals surface area (Å²) in [6.45, 7) is 0. The normalized spacial score (nSPS) is 22.3. The number of anilines is 2. The fourth-order valence-corrected chi connectivity index (χ4v) is 10.5. The highest BCUT2D eigenvalue weighted by Gasteiger charge is 2.42. The zero-order chi connectivity index (χ0) is 38.4. The van der Waals surface area contributed by atoms with Crippen LogP contribution in [0.5, 0.6) is 0 Å². The summed E-state index contributed by atoms with van der Waals surface area (Å²) in [5.41, 5.74) is 18.0. The molecule has 0 bridgehead atoms. The minimum atomic E-state index is 0.392. The molecule has 0 saturated carbocycles. The first kappa shape index (κ1) is 35.1. The summed E-state index contributed by atoms with van der Waals surface area (Å²) < 4.78 is 0. The van der Waals surface area contributed by atoms with E-state index in [-0.39, 0.29) is 0 Å². The van der Waals surface area contributed by atoms with E-state index in [2.05, 4.69) is 186 Å². The van der Waals surface area contributed by atoms with Gasteiger partial charge in [-0.15, -0.1) is 0 Å². The van der Waals surface area contributed by atoms with Crippen LogP contribution in [0.2, 0.25) is 0 Å². The summed E-state index contributed by atoms with van der Waals surface area (Å²) >= 11 is 0. The van der Waals surface area contributed by atoms with Gasteiger partial charge in [0.1, 0.15) is 0 Å². The van der Waals surface area contributed by atoms with E-state index in [4.69, 9.17) is 0 Å². The molecule has 0 amide bonds. The summed E-state index contributed by atoms with van der Waals surface area (Å²) in [5.74, 6) is 0.884. The van der Waals surface area contributed by atoms with Gasteiger partial charge in [0.15, 0.2) is 0 Å². The van der Waals surface area contributed by atoms with Gasteiger partial charge in [0.2, 0.25) is 0 Å². The summed E-state index contributed by atoms with van der Waals surface area (Å²) in [6.07, 6.45) is 32.4. The Hall–Kier alpha value is -6.12. The fourth-order valence-electron chi connectivity index (χ4n) is 10.5. The third kappa shape index (κ3) is 6.45. The Morgan fingerprint density at radius 2 is 1.29 bits per heavy atom. The maximum Gasteiger partial charge on any atom is 0.0628 e. The smallest absolute Gasteiger partial charge is 0.0628 e. The Kier molecular flexibility index (Phi) is 9.07. The van der Waals surface area contributed by atoms with Crippen molar-refractivity contribution in [3.8, 4) is 11.1 Å². The molecule has 0 radical (unpaired) electrons. The third-order valence-electron chi connectivity index (χ3n) is 13.5. The van der Waals surface area contributed by atoms with E-state index in [1.165, 1.54) is 86.2 Å². The van der Waals surface area contributed by atoms with Gasteiger partial charge in [0.05, 0.1) is 6.04 Å². The highest BCUT2D eigenvalue weighted by molar-refractivity contribution is 5.87. The number of rotatable bonds is 7. The molecule has 6 aliphatic rings. The standard InChI is InChI=1S/C56H50N2/c1-2-11-39(12-3-1)41-23-29-49(30-24-41)57(51-33-27-43(28-34-51)48-22-21-40-13-4-5-14-44(40)35-48)50-31-25-42(26-32-50)45-17-10-18-52(36-45)58-55-20-9-8-19-53(55)54-37-46-15-6-7-16-47(46)38-56(54)58/h1-5,7-8,11-14,16,19,21-27,29-33,35-38,45,54,56H,6,9-10,15,17-18,20,28,34H2. The van der Waals surface area contributed by atoms with Crippen molar-refractivity contribution in [2.24, 2.45) is 5.92 Å². The van der Waals surface area contributed by atoms with Crippen LogP contribution in [0.4, 0.5) is 11.4 Å². The molecule has 58 heavy (non-hydrogen) atoms. The molecule has 5 aromatic rings. The molecule has 0 saturated heterocycles. The van der Waals surface area contributed by atoms with Crippen LogP contribution in [0.25, 0.3) is 27.5 Å². The van der Waals surface area contributed by atoms with Crippen molar-refractivity contribution < 1.29 is 0 Å². The molecule has 3 unspecified atom stereocenters. The van der Waals surface area contributed by atoms with Crippen molar-refractivity contribution in [2.75, 3.05) is 4.90 Å². The molecule has 0 N–H and O–H groups in total. The van der Waals surface area contributed by atoms with Gasteiger partial charge in [0, 0.05) is 40.3 Å². The molecular formula is C56H50N2. The molecular weight excluding hydrogens is 701 g/mol. The van der Waals surface area contributed by atoms with E-state index < -0.39 is 0 Å². The lowest BCUT2D eigenvalue weighted by atomic mass is 9.80. The van der Waals surface area contributed by atoms with Crippen molar-refractivity contribution >= 4 is 27.7 Å². The van der Waals surface area contributed by atoms with Gasteiger partial charge in [-0.05, 0) is 150 Å². The summed E-state index contributed by atoms with van der Waals surface area (Å²) in [5, 5.41) is 2.59. The van der Waals surface area contributed by atoms with Crippen molar-refractivity contribution in [3.05, 3.63) is 221 Å². The maximum absolute atomic E-state index is 2.78. The average molecular weight is 751 g/mol. The maximum atomic E-state index is 2.78. The Balaban J connectivity index is 0.911. The van der Waals surface area contributed by atoms with Crippen LogP contribution in [-0.2, 0) is 0 Å². The highest BCUT2D eigenvalue weighted by Crippen LogP contribution is 2.49. The van der Waals surface area contributed by atoms with E-state index >= 15 is 0 Å². The Morgan fingerprint density at radius 3 is 2.12 bits per heavy atom. The molecule has 5 aromatic carbocycles. The van der Waals surface area contributed by atoms with E-state index in [0.29, 0.717) is 17.9 Å². The molecule has 284 valence electrons. The summed E-state index contributed by atoms with van der Waals surface area (Å²) in [4.78, 5) is 5.27.